The molecule has 2 heterocycles. The van der Waals surface area contributed by atoms with Gasteiger partial charge in [0.25, 0.3) is 15.9 Å². The molecule has 2 aliphatic rings. The van der Waals surface area contributed by atoms with E-state index in [0.717, 1.165) is 16.7 Å². The molecular weight excluding hydrogens is 582 g/mol. The summed E-state index contributed by atoms with van der Waals surface area (Å²) in [6.07, 6.45) is 0.681. The first kappa shape index (κ1) is 31.8. The maximum Gasteiger partial charge on any atom is 0.264 e. The molecule has 0 radical (unpaired) electrons. The second-order valence-corrected chi connectivity index (χ2v) is 14.5. The summed E-state index contributed by atoms with van der Waals surface area (Å²) in [6.45, 7) is 10.4. The minimum atomic E-state index is -4.15. The van der Waals surface area contributed by atoms with Crippen LogP contribution in [-0.2, 0) is 14.8 Å². The highest BCUT2D eigenvalue weighted by atomic mass is 32.2. The second-order valence-electron chi connectivity index (χ2n) is 12.8. The van der Waals surface area contributed by atoms with Crippen LogP contribution in [0.25, 0.3) is 11.3 Å². The third kappa shape index (κ3) is 7.04. The lowest BCUT2D eigenvalue weighted by molar-refractivity contribution is -0.113. The van der Waals surface area contributed by atoms with Gasteiger partial charge < -0.3 is 19.5 Å². The van der Waals surface area contributed by atoms with E-state index in [1.165, 1.54) is 19.2 Å². The van der Waals surface area contributed by atoms with Gasteiger partial charge in [0.05, 0.1) is 16.6 Å². The highest BCUT2D eigenvalue weighted by molar-refractivity contribution is 7.92. The molecule has 4 bridgehead atoms. The SMILES string of the molecule is COC(O)NC1CC(N2C(=O)c3cccc(c3)S(=O)(=O)Nc3nc(cc(-c4c(C)cccc4C)n3)OC[C@H]2CC(C)(C)C)C1. The Labute approximate surface area is 259 Å². The van der Waals surface area contributed by atoms with Crippen molar-refractivity contribution in [3.8, 4) is 17.1 Å². The van der Waals surface area contributed by atoms with Gasteiger partial charge in [-0.1, -0.05) is 45.0 Å². The van der Waals surface area contributed by atoms with E-state index in [4.69, 9.17) is 9.47 Å². The Morgan fingerprint density at radius 2 is 1.80 bits per heavy atom. The summed E-state index contributed by atoms with van der Waals surface area (Å²) in [5, 5.41) is 12.9. The molecular formula is C32H41N5O6S. The lowest BCUT2D eigenvalue weighted by Gasteiger charge is -2.48. The van der Waals surface area contributed by atoms with Crippen LogP contribution in [0.5, 0.6) is 5.88 Å². The van der Waals surface area contributed by atoms with Crippen LogP contribution < -0.4 is 14.8 Å². The molecule has 1 aliphatic heterocycles. The Morgan fingerprint density at radius 3 is 2.45 bits per heavy atom. The van der Waals surface area contributed by atoms with E-state index >= 15 is 0 Å². The first-order chi connectivity index (χ1) is 20.7. The van der Waals surface area contributed by atoms with Gasteiger partial charge in [-0.3, -0.25) is 10.1 Å². The molecule has 236 valence electrons. The molecule has 2 atom stereocenters. The van der Waals surface area contributed by atoms with Crippen LogP contribution in [0.1, 0.15) is 61.5 Å². The molecule has 5 rings (SSSR count). The molecule has 3 N–H and O–H groups in total. The van der Waals surface area contributed by atoms with Gasteiger partial charge in [-0.15, -0.1) is 0 Å². The smallest absolute Gasteiger partial charge is 0.264 e. The molecule has 1 amide bonds. The number of sulfonamides is 1. The van der Waals surface area contributed by atoms with Crippen molar-refractivity contribution in [1.29, 1.82) is 0 Å². The summed E-state index contributed by atoms with van der Waals surface area (Å²) in [4.78, 5) is 25.1. The van der Waals surface area contributed by atoms with Crippen molar-refractivity contribution in [2.75, 3.05) is 18.4 Å². The van der Waals surface area contributed by atoms with E-state index < -0.39 is 16.4 Å². The normalized spacial score (nSPS) is 22.4. The number of rotatable bonds is 6. The van der Waals surface area contributed by atoms with Crippen LogP contribution in [0.15, 0.2) is 53.4 Å². The molecule has 1 unspecified atom stereocenters. The van der Waals surface area contributed by atoms with Crippen molar-refractivity contribution in [1.82, 2.24) is 20.2 Å². The van der Waals surface area contributed by atoms with Crippen molar-refractivity contribution in [3.05, 3.63) is 65.2 Å². The zero-order chi connectivity index (χ0) is 31.8. The summed E-state index contributed by atoms with van der Waals surface area (Å²) >= 11 is 0. The number of hydrogen-bond acceptors (Lipinski definition) is 9. The zero-order valence-corrected chi connectivity index (χ0v) is 26.8. The maximum atomic E-state index is 14.3. The van der Waals surface area contributed by atoms with E-state index in [1.54, 1.807) is 18.2 Å². The van der Waals surface area contributed by atoms with Gasteiger partial charge in [0.15, 0.2) is 0 Å². The molecule has 2 aromatic carbocycles. The number of nitrogens with one attached hydrogen (secondary N) is 2. The molecule has 1 aliphatic carbocycles. The highest BCUT2D eigenvalue weighted by Crippen LogP contribution is 2.35. The predicted octanol–water partition coefficient (Wildman–Crippen LogP) is 4.24. The number of ether oxygens (including phenoxy) is 2. The first-order valence-corrected chi connectivity index (χ1v) is 16.2. The number of nitrogens with zero attached hydrogens (tertiary/aromatic N) is 3. The van der Waals surface area contributed by atoms with Crippen LogP contribution >= 0.6 is 0 Å². The van der Waals surface area contributed by atoms with Crippen LogP contribution in [-0.4, -0.2) is 72.6 Å². The first-order valence-electron chi connectivity index (χ1n) is 14.7. The van der Waals surface area contributed by atoms with E-state index in [1.807, 2.05) is 36.9 Å². The summed E-state index contributed by atoms with van der Waals surface area (Å²) in [5.41, 5.74) is 3.42. The van der Waals surface area contributed by atoms with Crippen LogP contribution in [0.3, 0.4) is 0 Å². The monoisotopic (exact) mass is 623 g/mol. The summed E-state index contributed by atoms with van der Waals surface area (Å²) in [5.74, 6) is -0.210. The van der Waals surface area contributed by atoms with Crippen LogP contribution in [0.2, 0.25) is 0 Å². The fraction of sp³-hybridized carbons (Fsp3) is 0.469. The maximum absolute atomic E-state index is 14.3. The largest absolute Gasteiger partial charge is 0.475 e. The Hall–Kier alpha value is -3.58. The quantitative estimate of drug-likeness (QED) is 0.344. The molecule has 44 heavy (non-hydrogen) atoms. The summed E-state index contributed by atoms with van der Waals surface area (Å²) in [6, 6.07) is 13.0. The average Bonchev–Trinajstić information content (AvgIpc) is 2.93. The molecule has 11 nitrogen and oxygen atoms in total. The van der Waals surface area contributed by atoms with Crippen LogP contribution in [0.4, 0.5) is 5.95 Å². The lowest BCUT2D eigenvalue weighted by atomic mass is 9.81. The topological polar surface area (TPSA) is 143 Å². The highest BCUT2D eigenvalue weighted by Gasteiger charge is 2.42. The lowest BCUT2D eigenvalue weighted by Crippen LogP contribution is -2.60. The zero-order valence-electron chi connectivity index (χ0n) is 26.0. The number of aliphatic hydroxyl groups is 1. The van der Waals surface area contributed by atoms with E-state index in [0.29, 0.717) is 25.0 Å². The van der Waals surface area contributed by atoms with Crippen molar-refractivity contribution in [2.24, 2.45) is 5.41 Å². The number of methoxy groups -OCH3 is 1. The molecule has 1 fully saturated rings. The number of hydrogen-bond donors (Lipinski definition) is 3. The van der Waals surface area contributed by atoms with E-state index in [9.17, 15) is 18.3 Å². The number of benzene rings is 2. The number of carbonyl (C=O) groups is 1. The Bertz CT molecular complexity index is 1610. The van der Waals surface area contributed by atoms with Gasteiger partial charge in [-0.05, 0) is 67.9 Å². The number of aryl methyl sites for hydroxylation is 2. The number of amides is 1. The Morgan fingerprint density at radius 1 is 1.11 bits per heavy atom. The van der Waals surface area contributed by atoms with E-state index in [-0.39, 0.29) is 58.3 Å². The molecule has 0 spiro atoms. The van der Waals surface area contributed by atoms with E-state index in [2.05, 4.69) is 40.8 Å². The second kappa shape index (κ2) is 12.4. The van der Waals surface area contributed by atoms with Gasteiger partial charge in [-0.2, -0.15) is 4.98 Å². The minimum absolute atomic E-state index is 0.0521. The molecule has 0 saturated heterocycles. The summed E-state index contributed by atoms with van der Waals surface area (Å²) < 4.78 is 40.9. The fourth-order valence-electron chi connectivity index (χ4n) is 5.99. The van der Waals surface area contributed by atoms with Crippen molar-refractivity contribution in [2.45, 2.75) is 83.3 Å². The van der Waals surface area contributed by atoms with Gasteiger partial charge in [-0.25, -0.2) is 18.1 Å². The Balaban J connectivity index is 1.61. The van der Waals surface area contributed by atoms with Crippen molar-refractivity contribution >= 4 is 21.9 Å². The number of carbonyl (C=O) groups excluding carboxylic acids is 1. The van der Waals surface area contributed by atoms with Crippen molar-refractivity contribution < 1.29 is 27.8 Å². The van der Waals surface area contributed by atoms with Crippen LogP contribution in [0, 0.1) is 19.3 Å². The molecule has 12 heteroatoms. The number of aliphatic hydroxyl groups excluding tert-OH is 1. The van der Waals surface area contributed by atoms with Crippen molar-refractivity contribution in [3.63, 3.8) is 0 Å². The number of fused-ring (bicyclic) bond motifs is 4. The van der Waals surface area contributed by atoms with Gasteiger partial charge in [0.1, 0.15) is 6.61 Å². The van der Waals surface area contributed by atoms with Gasteiger partial charge in [0.2, 0.25) is 18.2 Å². The fourth-order valence-corrected chi connectivity index (χ4v) is 6.98. The van der Waals surface area contributed by atoms with Gasteiger partial charge in [0, 0.05) is 36.4 Å². The molecule has 3 aromatic rings. The van der Waals surface area contributed by atoms with Gasteiger partial charge >= 0.3 is 0 Å². The average molecular weight is 624 g/mol. The molecule has 1 saturated carbocycles. The third-order valence-electron chi connectivity index (χ3n) is 8.06. The third-order valence-corrected chi connectivity index (χ3v) is 9.39. The standard InChI is InChI=1S/C32H41N5O6S/c1-19-9-7-10-20(2)28(19)26-16-27-35-30(34-26)36-44(40,41)25-12-8-11-21(13-25)29(38)37(24(18-43-27)17-32(3,4)5)23-14-22(15-23)33-31(39)42-6/h7-13,16,22-24,31,33,39H,14-15,17-18H2,1-6H3,(H,34,35,36)/t22?,23?,24-,31?/m1/s1. The summed E-state index contributed by atoms with van der Waals surface area (Å²) in [7, 11) is -2.74. The Kier molecular flexibility index (Phi) is 8.99. The predicted molar refractivity (Wildman–Crippen MR) is 167 cm³/mol. The minimum Gasteiger partial charge on any atom is -0.475 e. The number of aromatic nitrogens is 2. The number of anilines is 1. The molecule has 1 aromatic heterocycles.